The molecule has 0 aromatic heterocycles. The van der Waals surface area contributed by atoms with Crippen LogP contribution in [0.5, 0.6) is 0 Å². The fourth-order valence-electron chi connectivity index (χ4n) is 1.63. The van der Waals surface area contributed by atoms with Gasteiger partial charge in [-0.15, -0.1) is 6.58 Å². The molecule has 1 aliphatic rings. The molecule has 4 nitrogen and oxygen atoms in total. The first-order valence-electron chi connectivity index (χ1n) is 4.30. The monoisotopic (exact) mass is 185 g/mol. The van der Waals surface area contributed by atoms with E-state index in [1.54, 1.807) is 20.0 Å². The van der Waals surface area contributed by atoms with Crippen molar-refractivity contribution in [2.75, 3.05) is 7.05 Å². The quantitative estimate of drug-likeness (QED) is 0.660. The topological polar surface area (TPSA) is 49.8 Å². The highest BCUT2D eigenvalue weighted by Gasteiger charge is 2.40. The minimum absolute atomic E-state index is 0.257. The SMILES string of the molecule is C=CC[C@@H](O)[C@H]1[C@H](C)OC(=O)N1C. The van der Waals surface area contributed by atoms with E-state index in [9.17, 15) is 9.90 Å². The van der Waals surface area contributed by atoms with Crippen molar-refractivity contribution in [1.82, 2.24) is 4.90 Å². The van der Waals surface area contributed by atoms with Crippen LogP contribution in [0.2, 0.25) is 0 Å². The van der Waals surface area contributed by atoms with E-state index in [0.29, 0.717) is 6.42 Å². The summed E-state index contributed by atoms with van der Waals surface area (Å²) in [6.45, 7) is 5.31. The van der Waals surface area contributed by atoms with Gasteiger partial charge in [0.25, 0.3) is 0 Å². The maximum absolute atomic E-state index is 11.1. The molecule has 1 heterocycles. The fraction of sp³-hybridized carbons (Fsp3) is 0.667. The molecule has 1 aliphatic heterocycles. The van der Waals surface area contributed by atoms with Gasteiger partial charge in [-0.2, -0.15) is 0 Å². The lowest BCUT2D eigenvalue weighted by Crippen LogP contribution is -2.42. The van der Waals surface area contributed by atoms with Crippen LogP contribution in [0.4, 0.5) is 4.79 Å². The maximum atomic E-state index is 11.1. The standard InChI is InChI=1S/C9H15NO3/c1-4-5-7(11)8-6(2)13-9(12)10(8)3/h4,6-8,11H,1,5H2,2-3H3/t6-,7+,8+/m0/s1. The Morgan fingerprint density at radius 1 is 1.85 bits per heavy atom. The lowest BCUT2D eigenvalue weighted by Gasteiger charge is -2.23. The summed E-state index contributed by atoms with van der Waals surface area (Å²) in [5.41, 5.74) is 0. The molecule has 1 amide bonds. The third-order valence-electron chi connectivity index (χ3n) is 2.31. The second kappa shape index (κ2) is 3.79. The van der Waals surface area contributed by atoms with Crippen molar-refractivity contribution in [3.8, 4) is 0 Å². The zero-order valence-electron chi connectivity index (χ0n) is 7.93. The van der Waals surface area contributed by atoms with E-state index in [1.165, 1.54) is 4.90 Å². The van der Waals surface area contributed by atoms with Crippen molar-refractivity contribution >= 4 is 6.09 Å². The number of aliphatic hydroxyl groups is 1. The fourth-order valence-corrected chi connectivity index (χ4v) is 1.63. The van der Waals surface area contributed by atoms with E-state index in [1.807, 2.05) is 0 Å². The molecule has 74 valence electrons. The Morgan fingerprint density at radius 2 is 2.46 bits per heavy atom. The number of hydrogen-bond acceptors (Lipinski definition) is 3. The van der Waals surface area contributed by atoms with Gasteiger partial charge in [0.1, 0.15) is 6.10 Å². The molecule has 0 radical (unpaired) electrons. The van der Waals surface area contributed by atoms with Crippen LogP contribution in [0, 0.1) is 0 Å². The molecule has 1 rings (SSSR count). The second-order valence-electron chi connectivity index (χ2n) is 3.28. The summed E-state index contributed by atoms with van der Waals surface area (Å²) in [7, 11) is 1.63. The van der Waals surface area contributed by atoms with Gasteiger partial charge in [-0.1, -0.05) is 6.08 Å². The molecule has 3 atom stereocenters. The van der Waals surface area contributed by atoms with Crippen LogP contribution in [0.1, 0.15) is 13.3 Å². The van der Waals surface area contributed by atoms with Crippen molar-refractivity contribution in [2.24, 2.45) is 0 Å². The Balaban J connectivity index is 2.67. The molecule has 0 aliphatic carbocycles. The second-order valence-corrected chi connectivity index (χ2v) is 3.28. The highest BCUT2D eigenvalue weighted by molar-refractivity contribution is 5.70. The average Bonchev–Trinajstić information content (AvgIpc) is 2.27. The third-order valence-corrected chi connectivity index (χ3v) is 2.31. The summed E-state index contributed by atoms with van der Waals surface area (Å²) in [5, 5.41) is 9.66. The summed E-state index contributed by atoms with van der Waals surface area (Å²) in [4.78, 5) is 12.5. The third kappa shape index (κ3) is 1.83. The average molecular weight is 185 g/mol. The van der Waals surface area contributed by atoms with Gasteiger partial charge in [-0.3, -0.25) is 0 Å². The number of hydrogen-bond donors (Lipinski definition) is 1. The number of carbonyl (C=O) groups is 1. The van der Waals surface area contributed by atoms with Crippen LogP contribution in [-0.4, -0.2) is 41.4 Å². The zero-order chi connectivity index (χ0) is 10.0. The predicted octanol–water partition coefficient (Wildman–Crippen LogP) is 0.762. The Kier molecular flexibility index (Phi) is 2.93. The number of aliphatic hydroxyl groups excluding tert-OH is 1. The van der Waals surface area contributed by atoms with E-state index < -0.39 is 6.10 Å². The van der Waals surface area contributed by atoms with Gasteiger partial charge in [0.15, 0.2) is 0 Å². The lowest BCUT2D eigenvalue weighted by molar-refractivity contribution is 0.0704. The number of rotatable bonds is 3. The maximum Gasteiger partial charge on any atom is 0.410 e. The van der Waals surface area contributed by atoms with Crippen LogP contribution < -0.4 is 0 Å². The van der Waals surface area contributed by atoms with Gasteiger partial charge in [0.2, 0.25) is 0 Å². The van der Waals surface area contributed by atoms with E-state index >= 15 is 0 Å². The molecule has 0 spiro atoms. The van der Waals surface area contributed by atoms with E-state index in [4.69, 9.17) is 4.74 Å². The Bertz CT molecular complexity index is 217. The van der Waals surface area contributed by atoms with Crippen LogP contribution in [-0.2, 0) is 4.74 Å². The van der Waals surface area contributed by atoms with Crippen LogP contribution in [0.25, 0.3) is 0 Å². The molecular weight excluding hydrogens is 170 g/mol. The first-order chi connectivity index (χ1) is 6.07. The first kappa shape index (κ1) is 10.1. The number of cyclic esters (lactones) is 1. The number of amides is 1. The van der Waals surface area contributed by atoms with Crippen molar-refractivity contribution in [3.63, 3.8) is 0 Å². The molecule has 1 N–H and O–H groups in total. The molecule has 1 saturated heterocycles. The smallest absolute Gasteiger partial charge is 0.410 e. The highest BCUT2D eigenvalue weighted by atomic mass is 16.6. The molecule has 0 saturated carbocycles. The van der Waals surface area contributed by atoms with Crippen LogP contribution >= 0.6 is 0 Å². The zero-order valence-corrected chi connectivity index (χ0v) is 7.93. The Morgan fingerprint density at radius 3 is 2.85 bits per heavy atom. The van der Waals surface area contributed by atoms with Gasteiger partial charge < -0.3 is 14.7 Å². The largest absolute Gasteiger partial charge is 0.444 e. The minimum atomic E-state index is -0.594. The van der Waals surface area contributed by atoms with E-state index in [-0.39, 0.29) is 18.2 Å². The van der Waals surface area contributed by atoms with Gasteiger partial charge >= 0.3 is 6.09 Å². The van der Waals surface area contributed by atoms with Crippen molar-refractivity contribution in [3.05, 3.63) is 12.7 Å². The Labute approximate surface area is 77.8 Å². The van der Waals surface area contributed by atoms with Gasteiger partial charge in [-0.25, -0.2) is 4.79 Å². The van der Waals surface area contributed by atoms with Crippen molar-refractivity contribution in [2.45, 2.75) is 31.6 Å². The predicted molar refractivity (Wildman–Crippen MR) is 48.3 cm³/mol. The Hall–Kier alpha value is -1.03. The summed E-state index contributed by atoms with van der Waals surface area (Å²) < 4.78 is 4.95. The molecule has 4 heteroatoms. The van der Waals surface area contributed by atoms with Gasteiger partial charge in [0.05, 0.1) is 12.1 Å². The molecule has 1 fully saturated rings. The van der Waals surface area contributed by atoms with Gasteiger partial charge in [-0.05, 0) is 13.3 Å². The summed E-state index contributed by atoms with van der Waals surface area (Å²) in [5.74, 6) is 0. The summed E-state index contributed by atoms with van der Waals surface area (Å²) in [6, 6.07) is -0.259. The molecule has 0 unspecified atom stereocenters. The summed E-state index contributed by atoms with van der Waals surface area (Å²) >= 11 is 0. The van der Waals surface area contributed by atoms with Crippen molar-refractivity contribution < 1.29 is 14.6 Å². The van der Waals surface area contributed by atoms with E-state index in [0.717, 1.165) is 0 Å². The minimum Gasteiger partial charge on any atom is -0.444 e. The first-order valence-corrected chi connectivity index (χ1v) is 4.30. The lowest BCUT2D eigenvalue weighted by atomic mass is 10.0. The number of likely N-dealkylation sites (N-methyl/N-ethyl adjacent to an activating group) is 1. The van der Waals surface area contributed by atoms with Crippen LogP contribution in [0.15, 0.2) is 12.7 Å². The summed E-state index contributed by atoms with van der Waals surface area (Å²) in [6.07, 6.45) is 0.876. The molecule has 0 bridgehead atoms. The van der Waals surface area contributed by atoms with E-state index in [2.05, 4.69) is 6.58 Å². The molecule has 0 aromatic carbocycles. The normalized spacial score (nSPS) is 30.1. The highest BCUT2D eigenvalue weighted by Crippen LogP contribution is 2.21. The molecule has 0 aromatic rings. The number of ether oxygens (including phenoxy) is 1. The number of carbonyl (C=O) groups excluding carboxylic acids is 1. The van der Waals surface area contributed by atoms with Crippen molar-refractivity contribution in [1.29, 1.82) is 0 Å². The van der Waals surface area contributed by atoms with Crippen LogP contribution in [0.3, 0.4) is 0 Å². The molecule has 13 heavy (non-hydrogen) atoms. The molecular formula is C9H15NO3. The number of nitrogens with zero attached hydrogens (tertiary/aromatic N) is 1. The van der Waals surface area contributed by atoms with Gasteiger partial charge in [0, 0.05) is 7.05 Å².